The molecule has 1 aliphatic carbocycles. The van der Waals surface area contributed by atoms with Crippen LogP contribution in [0.5, 0.6) is 5.75 Å². The van der Waals surface area contributed by atoms with Gasteiger partial charge in [0, 0.05) is 11.8 Å². The molecule has 4 nitrogen and oxygen atoms in total. The van der Waals surface area contributed by atoms with Crippen LogP contribution in [0.25, 0.3) is 0 Å². The lowest BCUT2D eigenvalue weighted by Gasteiger charge is -2.12. The number of amides is 1. The van der Waals surface area contributed by atoms with Crippen LogP contribution in [0.2, 0.25) is 0 Å². The number of nitrogens with one attached hydrogen (secondary N) is 1. The Labute approximate surface area is 125 Å². The number of allylic oxidation sites excluding steroid dienone is 2. The van der Waals surface area contributed by atoms with Gasteiger partial charge in [-0.3, -0.25) is 4.79 Å². The largest absolute Gasteiger partial charge is 0.491 e. The fourth-order valence-electron chi connectivity index (χ4n) is 2.18. The lowest BCUT2D eigenvalue weighted by atomic mass is 9.96. The molecule has 0 unspecified atom stereocenters. The number of carbonyl (C=O) groups is 1. The van der Waals surface area contributed by atoms with Gasteiger partial charge in [0.1, 0.15) is 5.75 Å². The summed E-state index contributed by atoms with van der Waals surface area (Å²) < 4.78 is 5.54. The van der Waals surface area contributed by atoms with Gasteiger partial charge in [-0.2, -0.15) is 5.10 Å². The molecule has 0 fully saturated rings. The first-order chi connectivity index (χ1) is 10.1. The minimum atomic E-state index is -0.200. The molecule has 1 N–H and O–H groups in total. The number of ether oxygens (including phenoxy) is 1. The second-order valence-corrected chi connectivity index (χ2v) is 5.45. The van der Waals surface area contributed by atoms with Crippen molar-refractivity contribution in [2.45, 2.75) is 39.2 Å². The molecule has 1 atom stereocenters. The standard InChI is InChI=1S/C17H22N2O2/c1-13(2)21-16-10-8-15(9-11-16)17(20)19-18-12-14-6-4-3-5-7-14/h3-4,8-14H,5-7H2,1-2H3,(H,19,20)/b18-12-/t14-/m1/s1. The van der Waals surface area contributed by atoms with Crippen molar-refractivity contribution in [1.29, 1.82) is 0 Å². The summed E-state index contributed by atoms with van der Waals surface area (Å²) in [5, 5.41) is 4.05. The van der Waals surface area contributed by atoms with Crippen molar-refractivity contribution >= 4 is 12.1 Å². The number of nitrogens with zero attached hydrogens (tertiary/aromatic N) is 1. The van der Waals surface area contributed by atoms with E-state index in [9.17, 15) is 4.79 Å². The van der Waals surface area contributed by atoms with Crippen LogP contribution in [0, 0.1) is 5.92 Å². The Morgan fingerprint density at radius 1 is 1.33 bits per heavy atom. The maximum Gasteiger partial charge on any atom is 0.271 e. The maximum absolute atomic E-state index is 11.9. The van der Waals surface area contributed by atoms with Gasteiger partial charge in [0.25, 0.3) is 5.91 Å². The van der Waals surface area contributed by atoms with Gasteiger partial charge in [0.2, 0.25) is 0 Å². The molecule has 0 spiro atoms. The molecule has 0 heterocycles. The van der Waals surface area contributed by atoms with E-state index in [4.69, 9.17) is 4.74 Å². The third-order valence-electron chi connectivity index (χ3n) is 3.25. The molecular formula is C17H22N2O2. The summed E-state index contributed by atoms with van der Waals surface area (Å²) >= 11 is 0. The van der Waals surface area contributed by atoms with Crippen molar-refractivity contribution in [3.05, 3.63) is 42.0 Å². The first-order valence-electron chi connectivity index (χ1n) is 7.40. The van der Waals surface area contributed by atoms with Crippen molar-refractivity contribution < 1.29 is 9.53 Å². The number of hydrogen-bond acceptors (Lipinski definition) is 3. The molecule has 4 heteroatoms. The van der Waals surface area contributed by atoms with Gasteiger partial charge >= 0.3 is 0 Å². The Bertz CT molecular complexity index is 518. The number of carbonyl (C=O) groups excluding carboxylic acids is 1. The summed E-state index contributed by atoms with van der Waals surface area (Å²) in [6, 6.07) is 7.08. The first-order valence-corrected chi connectivity index (χ1v) is 7.40. The topological polar surface area (TPSA) is 50.7 Å². The Hall–Kier alpha value is -2.10. The first kappa shape index (κ1) is 15.3. The highest BCUT2D eigenvalue weighted by Gasteiger charge is 2.08. The molecule has 1 amide bonds. The minimum Gasteiger partial charge on any atom is -0.491 e. The second kappa shape index (κ2) is 7.62. The van der Waals surface area contributed by atoms with E-state index in [1.807, 2.05) is 20.1 Å². The molecule has 0 aromatic heterocycles. The third kappa shape index (κ3) is 5.06. The van der Waals surface area contributed by atoms with Gasteiger partial charge in [-0.25, -0.2) is 5.43 Å². The predicted octanol–water partition coefficient (Wildman–Crippen LogP) is 3.55. The van der Waals surface area contributed by atoms with Crippen molar-refractivity contribution in [3.8, 4) is 5.75 Å². The predicted molar refractivity (Wildman–Crippen MR) is 84.6 cm³/mol. The maximum atomic E-state index is 11.9. The highest BCUT2D eigenvalue weighted by atomic mass is 16.5. The van der Waals surface area contributed by atoms with E-state index in [1.165, 1.54) is 0 Å². The fourth-order valence-corrected chi connectivity index (χ4v) is 2.18. The van der Waals surface area contributed by atoms with Gasteiger partial charge in [0.05, 0.1) is 6.10 Å². The second-order valence-electron chi connectivity index (χ2n) is 5.45. The molecule has 0 saturated carbocycles. The van der Waals surface area contributed by atoms with E-state index in [-0.39, 0.29) is 12.0 Å². The molecule has 0 bridgehead atoms. The van der Waals surface area contributed by atoms with Crippen LogP contribution in [-0.4, -0.2) is 18.2 Å². The number of rotatable bonds is 5. The zero-order chi connectivity index (χ0) is 15.1. The fraction of sp³-hybridized carbons (Fsp3) is 0.412. The minimum absolute atomic E-state index is 0.124. The van der Waals surface area contributed by atoms with Crippen molar-refractivity contribution in [1.82, 2.24) is 5.43 Å². The summed E-state index contributed by atoms with van der Waals surface area (Å²) in [4.78, 5) is 11.9. The van der Waals surface area contributed by atoms with Crippen LogP contribution in [0.1, 0.15) is 43.5 Å². The molecule has 21 heavy (non-hydrogen) atoms. The smallest absolute Gasteiger partial charge is 0.271 e. The van der Waals surface area contributed by atoms with Crippen LogP contribution in [0.4, 0.5) is 0 Å². The Morgan fingerprint density at radius 3 is 2.71 bits per heavy atom. The van der Waals surface area contributed by atoms with Crippen LogP contribution >= 0.6 is 0 Å². The van der Waals surface area contributed by atoms with Crippen molar-refractivity contribution in [2.24, 2.45) is 11.0 Å². The SMILES string of the molecule is CC(C)Oc1ccc(C(=O)N/N=C\[C@@H]2CC=CCC2)cc1. The molecule has 1 aromatic carbocycles. The van der Waals surface area contributed by atoms with E-state index in [1.54, 1.807) is 24.3 Å². The van der Waals surface area contributed by atoms with Gasteiger partial charge in [-0.1, -0.05) is 12.2 Å². The molecule has 1 aromatic rings. The molecule has 0 aliphatic heterocycles. The van der Waals surface area contributed by atoms with Crippen molar-refractivity contribution in [2.75, 3.05) is 0 Å². The zero-order valence-electron chi connectivity index (χ0n) is 12.6. The summed E-state index contributed by atoms with van der Waals surface area (Å²) in [5.41, 5.74) is 3.15. The summed E-state index contributed by atoms with van der Waals surface area (Å²) in [6.07, 6.45) is 9.48. The average molecular weight is 286 g/mol. The zero-order valence-corrected chi connectivity index (χ0v) is 12.6. The van der Waals surface area contributed by atoms with E-state index in [0.29, 0.717) is 11.5 Å². The highest BCUT2D eigenvalue weighted by molar-refractivity contribution is 5.94. The lowest BCUT2D eigenvalue weighted by molar-refractivity contribution is 0.0955. The summed E-state index contributed by atoms with van der Waals surface area (Å²) in [5.74, 6) is 0.991. The van der Waals surface area contributed by atoms with E-state index >= 15 is 0 Å². The molecule has 112 valence electrons. The highest BCUT2D eigenvalue weighted by Crippen LogP contribution is 2.16. The molecule has 1 aliphatic rings. The quantitative estimate of drug-likeness (QED) is 0.511. The average Bonchev–Trinajstić information content (AvgIpc) is 2.48. The Balaban J connectivity index is 1.85. The normalized spacial score (nSPS) is 18.1. The molecule has 2 rings (SSSR count). The number of benzene rings is 1. The van der Waals surface area contributed by atoms with E-state index in [2.05, 4.69) is 22.7 Å². The molecule has 0 radical (unpaired) electrons. The van der Waals surface area contributed by atoms with Crippen LogP contribution < -0.4 is 10.2 Å². The molecule has 0 saturated heterocycles. The Kier molecular flexibility index (Phi) is 5.55. The number of hydrazone groups is 1. The van der Waals surface area contributed by atoms with Gasteiger partial charge in [-0.05, 0) is 63.3 Å². The molecular weight excluding hydrogens is 264 g/mol. The summed E-state index contributed by atoms with van der Waals surface area (Å²) in [7, 11) is 0. The van der Waals surface area contributed by atoms with Crippen LogP contribution in [0.15, 0.2) is 41.5 Å². The Morgan fingerprint density at radius 2 is 2.10 bits per heavy atom. The van der Waals surface area contributed by atoms with Crippen LogP contribution in [-0.2, 0) is 0 Å². The van der Waals surface area contributed by atoms with Gasteiger partial charge < -0.3 is 4.74 Å². The van der Waals surface area contributed by atoms with Gasteiger partial charge in [0.15, 0.2) is 0 Å². The number of hydrogen-bond donors (Lipinski definition) is 1. The van der Waals surface area contributed by atoms with E-state index in [0.717, 1.165) is 25.0 Å². The van der Waals surface area contributed by atoms with Crippen LogP contribution in [0.3, 0.4) is 0 Å². The summed E-state index contributed by atoms with van der Waals surface area (Å²) in [6.45, 7) is 3.94. The monoisotopic (exact) mass is 286 g/mol. The third-order valence-corrected chi connectivity index (χ3v) is 3.25. The lowest BCUT2D eigenvalue weighted by Crippen LogP contribution is -2.18. The van der Waals surface area contributed by atoms with Crippen molar-refractivity contribution in [3.63, 3.8) is 0 Å². The van der Waals surface area contributed by atoms with Gasteiger partial charge in [-0.15, -0.1) is 0 Å². The van der Waals surface area contributed by atoms with E-state index < -0.39 is 0 Å².